The monoisotopic (exact) mass is 303 g/mol. The van der Waals surface area contributed by atoms with Crippen molar-refractivity contribution in [3.63, 3.8) is 0 Å². The topological polar surface area (TPSA) is 37.8 Å². The van der Waals surface area contributed by atoms with Crippen molar-refractivity contribution in [2.45, 2.75) is 40.5 Å². The first-order chi connectivity index (χ1) is 10.1. The van der Waals surface area contributed by atoms with Crippen molar-refractivity contribution in [1.29, 1.82) is 0 Å². The third-order valence-electron chi connectivity index (χ3n) is 3.55. The Morgan fingerprint density at radius 1 is 1.14 bits per heavy atom. The van der Waals surface area contributed by atoms with E-state index in [1.807, 2.05) is 25.1 Å². The fraction of sp³-hybridized carbons (Fsp3) is 0.412. The summed E-state index contributed by atoms with van der Waals surface area (Å²) >= 11 is 6.03. The normalized spacial score (nSPS) is 10.7. The fourth-order valence-electron chi connectivity index (χ4n) is 2.32. The molecule has 0 saturated carbocycles. The zero-order valence-corrected chi connectivity index (χ0v) is 13.9. The number of nitrogens with zero attached hydrogens (tertiary/aromatic N) is 2. The van der Waals surface area contributed by atoms with Crippen molar-refractivity contribution in [1.82, 2.24) is 9.97 Å². The zero-order valence-electron chi connectivity index (χ0n) is 13.1. The van der Waals surface area contributed by atoms with Crippen LogP contribution in [0.2, 0.25) is 5.02 Å². The molecule has 0 aliphatic carbocycles. The van der Waals surface area contributed by atoms with E-state index < -0.39 is 0 Å². The summed E-state index contributed by atoms with van der Waals surface area (Å²) in [6.07, 6.45) is 1.97. The van der Waals surface area contributed by atoms with Gasteiger partial charge in [-0.2, -0.15) is 0 Å². The van der Waals surface area contributed by atoms with Crippen LogP contribution in [-0.2, 0) is 6.42 Å². The van der Waals surface area contributed by atoms with E-state index in [0.717, 1.165) is 58.4 Å². The smallest absolute Gasteiger partial charge is 0.162 e. The van der Waals surface area contributed by atoms with Gasteiger partial charge in [0.05, 0.1) is 0 Å². The molecule has 0 radical (unpaired) electrons. The summed E-state index contributed by atoms with van der Waals surface area (Å²) in [5.74, 6) is 1.71. The Balaban J connectivity index is 2.52. The van der Waals surface area contributed by atoms with Crippen LogP contribution < -0.4 is 5.32 Å². The number of aryl methyl sites for hydroxylation is 2. The van der Waals surface area contributed by atoms with Crippen molar-refractivity contribution in [2.75, 3.05) is 11.9 Å². The lowest BCUT2D eigenvalue weighted by molar-refractivity contribution is 0.936. The molecule has 0 unspecified atom stereocenters. The molecule has 112 valence electrons. The van der Waals surface area contributed by atoms with Crippen LogP contribution in [0.15, 0.2) is 18.2 Å². The molecule has 1 heterocycles. The van der Waals surface area contributed by atoms with E-state index in [0.29, 0.717) is 0 Å². The summed E-state index contributed by atoms with van der Waals surface area (Å²) in [5, 5.41) is 4.14. The number of halogens is 1. The van der Waals surface area contributed by atoms with Gasteiger partial charge in [0.25, 0.3) is 0 Å². The molecule has 0 saturated heterocycles. The predicted molar refractivity (Wildman–Crippen MR) is 90.1 cm³/mol. The first kappa shape index (κ1) is 15.8. The summed E-state index contributed by atoms with van der Waals surface area (Å²) in [6.45, 7) is 9.30. The lowest BCUT2D eigenvalue weighted by atomic mass is 10.1. The molecular weight excluding hydrogens is 282 g/mol. The Morgan fingerprint density at radius 2 is 1.90 bits per heavy atom. The van der Waals surface area contributed by atoms with Crippen molar-refractivity contribution < 1.29 is 0 Å². The minimum atomic E-state index is 0.739. The van der Waals surface area contributed by atoms with Crippen LogP contribution in [0.25, 0.3) is 11.4 Å². The Morgan fingerprint density at radius 3 is 2.52 bits per heavy atom. The van der Waals surface area contributed by atoms with Crippen molar-refractivity contribution in [3.8, 4) is 11.4 Å². The third kappa shape index (κ3) is 3.53. The fourth-order valence-corrected chi connectivity index (χ4v) is 2.55. The molecule has 0 fully saturated rings. The second-order valence-electron chi connectivity index (χ2n) is 5.21. The average Bonchev–Trinajstić information content (AvgIpc) is 2.46. The second kappa shape index (κ2) is 6.90. The summed E-state index contributed by atoms with van der Waals surface area (Å²) < 4.78 is 0. The number of hydrogen-bond acceptors (Lipinski definition) is 3. The zero-order chi connectivity index (χ0) is 15.4. The van der Waals surface area contributed by atoms with E-state index >= 15 is 0 Å². The molecule has 0 aliphatic rings. The van der Waals surface area contributed by atoms with Crippen LogP contribution in [0.5, 0.6) is 0 Å². The maximum Gasteiger partial charge on any atom is 0.162 e. The molecule has 0 amide bonds. The van der Waals surface area contributed by atoms with Gasteiger partial charge in [-0.3, -0.25) is 0 Å². The van der Waals surface area contributed by atoms with Gasteiger partial charge in [0, 0.05) is 28.4 Å². The predicted octanol–water partition coefficient (Wildman–Crippen LogP) is 4.80. The van der Waals surface area contributed by atoms with E-state index in [1.54, 1.807) is 0 Å². The lowest BCUT2D eigenvalue weighted by Gasteiger charge is -2.14. The van der Waals surface area contributed by atoms with Gasteiger partial charge in [0.1, 0.15) is 5.82 Å². The SMILES string of the molecule is CCCNc1nc(-c2ccc(Cl)cc2C)nc(CC)c1C. The van der Waals surface area contributed by atoms with Gasteiger partial charge < -0.3 is 5.32 Å². The van der Waals surface area contributed by atoms with Crippen LogP contribution in [0, 0.1) is 13.8 Å². The minimum Gasteiger partial charge on any atom is -0.370 e. The van der Waals surface area contributed by atoms with Gasteiger partial charge in [-0.1, -0.05) is 25.4 Å². The molecule has 0 bridgehead atoms. The summed E-state index contributed by atoms with van der Waals surface area (Å²) in [6, 6.07) is 5.83. The molecule has 0 atom stereocenters. The largest absolute Gasteiger partial charge is 0.370 e. The first-order valence-electron chi connectivity index (χ1n) is 7.44. The van der Waals surface area contributed by atoms with Crippen LogP contribution in [0.4, 0.5) is 5.82 Å². The van der Waals surface area contributed by atoms with E-state index in [1.165, 1.54) is 0 Å². The van der Waals surface area contributed by atoms with Crippen LogP contribution >= 0.6 is 11.6 Å². The second-order valence-corrected chi connectivity index (χ2v) is 5.64. The Kier molecular flexibility index (Phi) is 5.18. The number of aromatic nitrogens is 2. The number of benzene rings is 1. The quantitative estimate of drug-likeness (QED) is 0.862. The van der Waals surface area contributed by atoms with Crippen molar-refractivity contribution >= 4 is 17.4 Å². The summed E-state index contributed by atoms with van der Waals surface area (Å²) in [7, 11) is 0. The van der Waals surface area contributed by atoms with Gasteiger partial charge >= 0.3 is 0 Å². The molecule has 2 rings (SSSR count). The van der Waals surface area contributed by atoms with Crippen LogP contribution in [-0.4, -0.2) is 16.5 Å². The molecule has 0 spiro atoms. The number of anilines is 1. The molecule has 1 aromatic carbocycles. The molecule has 21 heavy (non-hydrogen) atoms. The maximum atomic E-state index is 6.03. The van der Waals surface area contributed by atoms with E-state index in [2.05, 4.69) is 26.1 Å². The molecule has 1 N–H and O–H groups in total. The van der Waals surface area contributed by atoms with Gasteiger partial charge in [0.2, 0.25) is 0 Å². The van der Waals surface area contributed by atoms with E-state index in [9.17, 15) is 0 Å². The standard InChI is InChI=1S/C17H22ClN3/c1-5-9-19-16-12(4)15(6-2)20-17(21-16)14-8-7-13(18)10-11(14)3/h7-8,10H,5-6,9H2,1-4H3,(H,19,20,21). The number of nitrogens with one attached hydrogen (secondary N) is 1. The van der Waals surface area contributed by atoms with Crippen molar-refractivity contribution in [3.05, 3.63) is 40.0 Å². The maximum absolute atomic E-state index is 6.03. The average molecular weight is 304 g/mol. The highest BCUT2D eigenvalue weighted by Crippen LogP contribution is 2.26. The van der Waals surface area contributed by atoms with E-state index in [-0.39, 0.29) is 0 Å². The summed E-state index contributed by atoms with van der Waals surface area (Å²) in [5.41, 5.74) is 4.36. The minimum absolute atomic E-state index is 0.739. The molecule has 4 heteroatoms. The Bertz CT molecular complexity index is 638. The van der Waals surface area contributed by atoms with Crippen LogP contribution in [0.3, 0.4) is 0 Å². The van der Waals surface area contributed by atoms with Crippen LogP contribution in [0.1, 0.15) is 37.1 Å². The highest BCUT2D eigenvalue weighted by Gasteiger charge is 2.12. The van der Waals surface area contributed by atoms with Gasteiger partial charge in [-0.05, 0) is 50.5 Å². The number of hydrogen-bond donors (Lipinski definition) is 1. The molecule has 3 nitrogen and oxygen atoms in total. The van der Waals surface area contributed by atoms with Crippen molar-refractivity contribution in [2.24, 2.45) is 0 Å². The van der Waals surface area contributed by atoms with Gasteiger partial charge in [-0.25, -0.2) is 9.97 Å². The van der Waals surface area contributed by atoms with Gasteiger partial charge in [0.15, 0.2) is 5.82 Å². The van der Waals surface area contributed by atoms with E-state index in [4.69, 9.17) is 21.6 Å². The summed E-state index contributed by atoms with van der Waals surface area (Å²) in [4.78, 5) is 9.44. The molecule has 2 aromatic rings. The highest BCUT2D eigenvalue weighted by molar-refractivity contribution is 6.30. The number of rotatable bonds is 5. The lowest BCUT2D eigenvalue weighted by Crippen LogP contribution is -2.09. The van der Waals surface area contributed by atoms with Gasteiger partial charge in [-0.15, -0.1) is 0 Å². The molecule has 1 aromatic heterocycles. The molecule has 0 aliphatic heterocycles. The Hall–Kier alpha value is -1.61. The Labute approximate surface area is 131 Å². The first-order valence-corrected chi connectivity index (χ1v) is 7.82. The highest BCUT2D eigenvalue weighted by atomic mass is 35.5. The molecular formula is C17H22ClN3. The third-order valence-corrected chi connectivity index (χ3v) is 3.79.